The number of aromatic nitrogens is 2. The van der Waals surface area contributed by atoms with Gasteiger partial charge in [-0.3, -0.25) is 4.79 Å². The topological polar surface area (TPSA) is 64.5 Å². The highest BCUT2D eigenvalue weighted by Gasteiger charge is 2.49. The molecule has 7 heteroatoms. The Hall–Kier alpha value is -1.40. The SMILES string of the molecule is CCOC(=O)C1(c2cc(Cl)nc(N3CCOCC3)n2)CCC1. The van der Waals surface area contributed by atoms with Crippen molar-refractivity contribution in [2.45, 2.75) is 31.6 Å². The molecule has 0 unspecified atom stereocenters. The predicted molar refractivity (Wildman–Crippen MR) is 82.2 cm³/mol. The molecule has 1 saturated heterocycles. The van der Waals surface area contributed by atoms with Crippen LogP contribution in [0.2, 0.25) is 5.15 Å². The Morgan fingerprint density at radius 1 is 1.41 bits per heavy atom. The van der Waals surface area contributed by atoms with Crippen LogP contribution in [-0.4, -0.2) is 48.8 Å². The van der Waals surface area contributed by atoms with Gasteiger partial charge in [0, 0.05) is 13.1 Å². The molecule has 1 saturated carbocycles. The Balaban J connectivity index is 1.92. The average molecular weight is 326 g/mol. The van der Waals surface area contributed by atoms with Gasteiger partial charge in [-0.25, -0.2) is 9.97 Å². The van der Waals surface area contributed by atoms with Gasteiger partial charge in [-0.1, -0.05) is 18.0 Å². The molecule has 120 valence electrons. The lowest BCUT2D eigenvalue weighted by Crippen LogP contribution is -2.45. The number of ether oxygens (including phenoxy) is 2. The van der Waals surface area contributed by atoms with E-state index < -0.39 is 5.41 Å². The predicted octanol–water partition coefficient (Wildman–Crippen LogP) is 1.95. The summed E-state index contributed by atoms with van der Waals surface area (Å²) in [6.45, 7) is 4.94. The van der Waals surface area contributed by atoms with Gasteiger partial charge in [0.05, 0.1) is 25.5 Å². The molecule has 1 aliphatic carbocycles. The van der Waals surface area contributed by atoms with E-state index in [-0.39, 0.29) is 5.97 Å². The van der Waals surface area contributed by atoms with Crippen molar-refractivity contribution in [2.75, 3.05) is 37.8 Å². The lowest BCUT2D eigenvalue weighted by Gasteiger charge is -2.39. The van der Waals surface area contributed by atoms with Gasteiger partial charge in [0.1, 0.15) is 10.6 Å². The van der Waals surface area contributed by atoms with Crippen molar-refractivity contribution >= 4 is 23.5 Å². The fraction of sp³-hybridized carbons (Fsp3) is 0.667. The van der Waals surface area contributed by atoms with E-state index in [2.05, 4.69) is 9.97 Å². The third kappa shape index (κ3) is 2.77. The van der Waals surface area contributed by atoms with Crippen LogP contribution in [0.15, 0.2) is 6.07 Å². The van der Waals surface area contributed by atoms with Gasteiger partial charge in [-0.15, -0.1) is 0 Å². The molecule has 22 heavy (non-hydrogen) atoms. The van der Waals surface area contributed by atoms with Crippen LogP contribution in [0.25, 0.3) is 0 Å². The number of esters is 1. The molecular weight excluding hydrogens is 306 g/mol. The summed E-state index contributed by atoms with van der Waals surface area (Å²) in [7, 11) is 0. The zero-order valence-electron chi connectivity index (χ0n) is 12.7. The van der Waals surface area contributed by atoms with Gasteiger partial charge in [0.2, 0.25) is 5.95 Å². The second kappa shape index (κ2) is 6.38. The molecule has 0 amide bonds. The van der Waals surface area contributed by atoms with Crippen molar-refractivity contribution < 1.29 is 14.3 Å². The summed E-state index contributed by atoms with van der Waals surface area (Å²) in [5.41, 5.74) is 0.0302. The first-order valence-electron chi connectivity index (χ1n) is 7.71. The third-order valence-corrected chi connectivity index (χ3v) is 4.53. The highest BCUT2D eigenvalue weighted by atomic mass is 35.5. The maximum absolute atomic E-state index is 12.4. The summed E-state index contributed by atoms with van der Waals surface area (Å²) >= 11 is 6.18. The summed E-state index contributed by atoms with van der Waals surface area (Å²) in [5.74, 6) is 0.366. The summed E-state index contributed by atoms with van der Waals surface area (Å²) in [6.07, 6.45) is 2.50. The molecule has 2 fully saturated rings. The Morgan fingerprint density at radius 2 is 2.14 bits per heavy atom. The summed E-state index contributed by atoms with van der Waals surface area (Å²) in [6, 6.07) is 1.70. The molecule has 6 nitrogen and oxygen atoms in total. The lowest BCUT2D eigenvalue weighted by atomic mass is 9.66. The molecule has 1 aromatic rings. The van der Waals surface area contributed by atoms with Crippen molar-refractivity contribution in [3.05, 3.63) is 16.9 Å². The summed E-state index contributed by atoms with van der Waals surface area (Å²) < 4.78 is 10.6. The highest BCUT2D eigenvalue weighted by molar-refractivity contribution is 6.29. The largest absolute Gasteiger partial charge is 0.465 e. The van der Waals surface area contributed by atoms with E-state index in [1.165, 1.54) is 0 Å². The number of carbonyl (C=O) groups is 1. The van der Waals surface area contributed by atoms with E-state index in [1.54, 1.807) is 6.07 Å². The van der Waals surface area contributed by atoms with Crippen LogP contribution in [0.4, 0.5) is 5.95 Å². The Kier molecular flexibility index (Phi) is 4.49. The first-order valence-corrected chi connectivity index (χ1v) is 8.08. The molecule has 0 radical (unpaired) electrons. The van der Waals surface area contributed by atoms with E-state index in [4.69, 9.17) is 21.1 Å². The molecule has 0 aromatic carbocycles. The molecule has 1 aromatic heterocycles. The van der Waals surface area contributed by atoms with Gasteiger partial charge in [0.15, 0.2) is 0 Å². The number of hydrogen-bond donors (Lipinski definition) is 0. The molecule has 0 atom stereocenters. The molecule has 2 heterocycles. The van der Waals surface area contributed by atoms with Crippen molar-refractivity contribution in [3.8, 4) is 0 Å². The quantitative estimate of drug-likeness (QED) is 0.623. The number of carbonyl (C=O) groups excluding carboxylic acids is 1. The van der Waals surface area contributed by atoms with E-state index >= 15 is 0 Å². The number of anilines is 1. The van der Waals surface area contributed by atoms with Crippen LogP contribution >= 0.6 is 11.6 Å². The Labute approximate surface area is 134 Å². The van der Waals surface area contributed by atoms with Crippen LogP contribution in [0.3, 0.4) is 0 Å². The minimum Gasteiger partial charge on any atom is -0.465 e. The first kappa shape index (κ1) is 15.5. The van der Waals surface area contributed by atoms with Crippen LogP contribution in [0, 0.1) is 0 Å². The number of morpholine rings is 1. The normalized spacial score (nSPS) is 20.4. The maximum atomic E-state index is 12.4. The fourth-order valence-corrected chi connectivity index (χ4v) is 3.10. The van der Waals surface area contributed by atoms with E-state index in [0.717, 1.165) is 32.4 Å². The van der Waals surface area contributed by atoms with Crippen LogP contribution < -0.4 is 4.90 Å². The van der Waals surface area contributed by atoms with Crippen molar-refractivity contribution in [2.24, 2.45) is 0 Å². The molecular formula is C15H20ClN3O3. The second-order valence-electron chi connectivity index (χ2n) is 5.63. The van der Waals surface area contributed by atoms with E-state index in [0.29, 0.717) is 36.6 Å². The number of halogens is 1. The summed E-state index contributed by atoms with van der Waals surface area (Å²) in [5, 5.41) is 0.363. The van der Waals surface area contributed by atoms with Crippen molar-refractivity contribution in [3.63, 3.8) is 0 Å². The average Bonchev–Trinajstić information content (AvgIpc) is 2.47. The number of hydrogen-bond acceptors (Lipinski definition) is 6. The van der Waals surface area contributed by atoms with Gasteiger partial charge in [-0.05, 0) is 25.8 Å². The molecule has 2 aliphatic rings. The number of rotatable bonds is 4. The van der Waals surface area contributed by atoms with Crippen LogP contribution in [-0.2, 0) is 19.7 Å². The maximum Gasteiger partial charge on any atom is 0.318 e. The van der Waals surface area contributed by atoms with Gasteiger partial charge < -0.3 is 14.4 Å². The molecule has 0 bridgehead atoms. The molecule has 1 aliphatic heterocycles. The minimum absolute atomic E-state index is 0.205. The zero-order chi connectivity index (χ0) is 15.6. The monoisotopic (exact) mass is 325 g/mol. The number of nitrogens with zero attached hydrogens (tertiary/aromatic N) is 3. The standard InChI is InChI=1S/C15H20ClN3O3/c1-2-22-13(20)15(4-3-5-15)11-10-12(16)18-14(17-11)19-6-8-21-9-7-19/h10H,2-9H2,1H3. The van der Waals surface area contributed by atoms with Gasteiger partial charge in [-0.2, -0.15) is 0 Å². The molecule has 0 N–H and O–H groups in total. The minimum atomic E-state index is -0.649. The Morgan fingerprint density at radius 3 is 2.73 bits per heavy atom. The van der Waals surface area contributed by atoms with E-state index in [9.17, 15) is 4.79 Å². The highest BCUT2D eigenvalue weighted by Crippen LogP contribution is 2.44. The van der Waals surface area contributed by atoms with Gasteiger partial charge >= 0.3 is 5.97 Å². The van der Waals surface area contributed by atoms with Crippen molar-refractivity contribution in [1.82, 2.24) is 9.97 Å². The Bertz CT molecular complexity index is 557. The van der Waals surface area contributed by atoms with Gasteiger partial charge in [0.25, 0.3) is 0 Å². The van der Waals surface area contributed by atoms with Crippen molar-refractivity contribution in [1.29, 1.82) is 0 Å². The fourth-order valence-electron chi connectivity index (χ4n) is 2.92. The third-order valence-electron chi connectivity index (χ3n) is 4.34. The van der Waals surface area contributed by atoms with E-state index in [1.807, 2.05) is 11.8 Å². The summed E-state index contributed by atoms with van der Waals surface area (Å²) in [4.78, 5) is 23.4. The first-order chi connectivity index (χ1) is 10.7. The molecule has 3 rings (SSSR count). The van der Waals surface area contributed by atoms with Crippen LogP contribution in [0.1, 0.15) is 31.9 Å². The molecule has 0 spiro atoms. The second-order valence-corrected chi connectivity index (χ2v) is 6.02. The van der Waals surface area contributed by atoms with Crippen LogP contribution in [0.5, 0.6) is 0 Å². The zero-order valence-corrected chi connectivity index (χ0v) is 13.4. The lowest BCUT2D eigenvalue weighted by molar-refractivity contribution is -0.154. The smallest absolute Gasteiger partial charge is 0.318 e.